The Kier molecular flexibility index (Phi) is 8.25. The third kappa shape index (κ3) is 5.46. The van der Waals surface area contributed by atoms with Crippen molar-refractivity contribution in [1.29, 1.82) is 0 Å². The summed E-state index contributed by atoms with van der Waals surface area (Å²) < 4.78 is 0. The Hall–Kier alpha value is -0.530. The van der Waals surface area contributed by atoms with Gasteiger partial charge in [0.2, 0.25) is 0 Å². The molecule has 1 N–H and O–H groups in total. The minimum Gasteiger partial charge on any atom is -0.313 e. The van der Waals surface area contributed by atoms with Gasteiger partial charge in [0.1, 0.15) is 0 Å². The molecule has 0 aliphatic heterocycles. The lowest BCUT2D eigenvalue weighted by molar-refractivity contribution is 0.334. The molecule has 20 heavy (non-hydrogen) atoms. The minimum absolute atomic E-state index is 0. The second-order valence-electron chi connectivity index (χ2n) is 6.32. The average molecular weight is 296 g/mol. The summed E-state index contributed by atoms with van der Waals surface area (Å²) in [5.74, 6) is 1.61. The van der Waals surface area contributed by atoms with Gasteiger partial charge >= 0.3 is 0 Å². The average Bonchev–Trinajstić information content (AvgIpc) is 2.45. The van der Waals surface area contributed by atoms with E-state index in [4.69, 9.17) is 0 Å². The molecule has 0 radical (unpaired) electrons. The molecule has 0 atom stereocenters. The monoisotopic (exact) mass is 295 g/mol. The van der Waals surface area contributed by atoms with Gasteiger partial charge in [0.25, 0.3) is 0 Å². The van der Waals surface area contributed by atoms with E-state index < -0.39 is 0 Å². The third-order valence-electron chi connectivity index (χ3n) is 4.45. The fourth-order valence-electron chi connectivity index (χ4n) is 3.26. The molecule has 1 fully saturated rings. The molecule has 0 saturated heterocycles. The van der Waals surface area contributed by atoms with Gasteiger partial charge in [-0.3, -0.25) is 0 Å². The fraction of sp³-hybridized carbons (Fsp3) is 0.667. The van der Waals surface area contributed by atoms with Crippen LogP contribution in [0.2, 0.25) is 0 Å². The van der Waals surface area contributed by atoms with Crippen molar-refractivity contribution in [2.24, 2.45) is 5.92 Å². The molecule has 1 aliphatic carbocycles. The highest BCUT2D eigenvalue weighted by molar-refractivity contribution is 5.85. The van der Waals surface area contributed by atoms with Gasteiger partial charge in [0.15, 0.2) is 0 Å². The zero-order valence-corrected chi connectivity index (χ0v) is 13.8. The van der Waals surface area contributed by atoms with Crippen LogP contribution >= 0.6 is 12.4 Å². The van der Waals surface area contributed by atoms with Gasteiger partial charge in [-0.05, 0) is 35.9 Å². The summed E-state index contributed by atoms with van der Waals surface area (Å²) in [5, 5.41) is 3.64. The number of halogens is 1. The van der Waals surface area contributed by atoms with Crippen molar-refractivity contribution in [3.8, 4) is 0 Å². The van der Waals surface area contributed by atoms with E-state index in [0.717, 1.165) is 12.5 Å². The third-order valence-corrected chi connectivity index (χ3v) is 4.45. The summed E-state index contributed by atoms with van der Waals surface area (Å²) in [6.07, 6.45) is 8.67. The predicted molar refractivity (Wildman–Crippen MR) is 90.7 cm³/mol. The van der Waals surface area contributed by atoms with E-state index >= 15 is 0 Å². The quantitative estimate of drug-likeness (QED) is 0.703. The predicted octanol–water partition coefficient (Wildman–Crippen LogP) is 5.29. The van der Waals surface area contributed by atoms with Crippen molar-refractivity contribution < 1.29 is 0 Å². The zero-order chi connectivity index (χ0) is 13.5. The van der Waals surface area contributed by atoms with Gasteiger partial charge in [0.05, 0.1) is 0 Å². The number of rotatable bonds is 6. The molecule has 0 unspecified atom stereocenters. The summed E-state index contributed by atoms with van der Waals surface area (Å²) in [6, 6.07) is 8.84. The maximum atomic E-state index is 3.64. The lowest BCUT2D eigenvalue weighted by Crippen LogP contribution is -2.19. The fourth-order valence-corrected chi connectivity index (χ4v) is 3.26. The topological polar surface area (TPSA) is 12.0 Å². The molecule has 1 nitrogen and oxygen atoms in total. The van der Waals surface area contributed by atoms with E-state index in [1.165, 1.54) is 56.2 Å². The number of nitrogens with one attached hydrogen (secondary N) is 1. The highest BCUT2D eigenvalue weighted by Gasteiger charge is 2.12. The lowest BCUT2D eigenvalue weighted by atomic mass is 9.87. The standard InChI is InChI=1S/C18H29N.ClH/c1-15(2)18-11-7-6-10-17(18)14-19-13-12-16-8-4-3-5-9-16;/h6-7,10-11,15-16,19H,3-5,8-9,12-14H2,1-2H3;1H. The molecule has 0 spiro atoms. The van der Waals surface area contributed by atoms with Crippen molar-refractivity contribution in [2.75, 3.05) is 6.54 Å². The molecule has 1 aromatic carbocycles. The Morgan fingerprint density at radius 1 is 1.10 bits per heavy atom. The first-order valence-electron chi connectivity index (χ1n) is 8.06. The molecule has 0 aromatic heterocycles. The van der Waals surface area contributed by atoms with Crippen LogP contribution in [0.4, 0.5) is 0 Å². The maximum Gasteiger partial charge on any atom is 0.0208 e. The van der Waals surface area contributed by atoms with Crippen LogP contribution in [0.3, 0.4) is 0 Å². The Morgan fingerprint density at radius 3 is 2.50 bits per heavy atom. The number of hydrogen-bond acceptors (Lipinski definition) is 1. The van der Waals surface area contributed by atoms with E-state index in [2.05, 4.69) is 43.4 Å². The van der Waals surface area contributed by atoms with Crippen LogP contribution in [0.15, 0.2) is 24.3 Å². The molecule has 1 aliphatic rings. The Morgan fingerprint density at radius 2 is 1.80 bits per heavy atom. The first kappa shape index (κ1) is 17.5. The Bertz CT molecular complexity index is 369. The number of hydrogen-bond donors (Lipinski definition) is 1. The minimum atomic E-state index is 0. The Labute approximate surface area is 131 Å². The summed E-state index contributed by atoms with van der Waals surface area (Å²) in [5.41, 5.74) is 2.97. The van der Waals surface area contributed by atoms with Gasteiger partial charge in [-0.25, -0.2) is 0 Å². The molecule has 2 rings (SSSR count). The van der Waals surface area contributed by atoms with Gasteiger partial charge in [-0.15, -0.1) is 12.4 Å². The molecule has 0 heterocycles. The van der Waals surface area contributed by atoms with E-state index in [-0.39, 0.29) is 12.4 Å². The van der Waals surface area contributed by atoms with Crippen LogP contribution in [0.5, 0.6) is 0 Å². The number of benzene rings is 1. The van der Waals surface area contributed by atoms with Crippen molar-refractivity contribution in [2.45, 2.75) is 64.8 Å². The second kappa shape index (κ2) is 9.41. The van der Waals surface area contributed by atoms with Crippen LogP contribution in [-0.2, 0) is 6.54 Å². The van der Waals surface area contributed by atoms with Crippen LogP contribution in [-0.4, -0.2) is 6.54 Å². The molecule has 0 amide bonds. The molecule has 114 valence electrons. The van der Waals surface area contributed by atoms with Crippen LogP contribution in [0, 0.1) is 5.92 Å². The van der Waals surface area contributed by atoms with E-state index in [9.17, 15) is 0 Å². The summed E-state index contributed by atoms with van der Waals surface area (Å²) >= 11 is 0. The van der Waals surface area contributed by atoms with Crippen molar-refractivity contribution in [3.63, 3.8) is 0 Å². The van der Waals surface area contributed by atoms with Crippen LogP contribution in [0.1, 0.15) is 69.4 Å². The van der Waals surface area contributed by atoms with Gasteiger partial charge in [-0.2, -0.15) is 0 Å². The van der Waals surface area contributed by atoms with Gasteiger partial charge in [0, 0.05) is 6.54 Å². The van der Waals surface area contributed by atoms with Crippen LogP contribution < -0.4 is 5.32 Å². The highest BCUT2D eigenvalue weighted by atomic mass is 35.5. The first-order chi connectivity index (χ1) is 9.27. The molecule has 1 aromatic rings. The van der Waals surface area contributed by atoms with Crippen molar-refractivity contribution in [1.82, 2.24) is 5.32 Å². The second-order valence-corrected chi connectivity index (χ2v) is 6.32. The molecular formula is C18H30ClN. The summed E-state index contributed by atoms with van der Waals surface area (Å²) in [4.78, 5) is 0. The van der Waals surface area contributed by atoms with Crippen LogP contribution in [0.25, 0.3) is 0 Å². The SMILES string of the molecule is CC(C)c1ccccc1CNCCC1CCCCC1.Cl. The largest absolute Gasteiger partial charge is 0.313 e. The van der Waals surface area contributed by atoms with Gasteiger partial charge < -0.3 is 5.32 Å². The summed E-state index contributed by atoms with van der Waals surface area (Å²) in [6.45, 7) is 6.76. The van der Waals surface area contributed by atoms with Crippen molar-refractivity contribution in [3.05, 3.63) is 35.4 Å². The van der Waals surface area contributed by atoms with E-state index in [0.29, 0.717) is 5.92 Å². The molecule has 2 heteroatoms. The Balaban J connectivity index is 0.00000200. The lowest BCUT2D eigenvalue weighted by Gasteiger charge is -2.21. The van der Waals surface area contributed by atoms with E-state index in [1.54, 1.807) is 0 Å². The first-order valence-corrected chi connectivity index (χ1v) is 8.06. The van der Waals surface area contributed by atoms with E-state index in [1.807, 2.05) is 0 Å². The zero-order valence-electron chi connectivity index (χ0n) is 13.0. The normalized spacial score (nSPS) is 16.1. The summed E-state index contributed by atoms with van der Waals surface area (Å²) in [7, 11) is 0. The van der Waals surface area contributed by atoms with Gasteiger partial charge in [-0.1, -0.05) is 70.2 Å². The molecule has 0 bridgehead atoms. The molecule has 1 saturated carbocycles. The smallest absolute Gasteiger partial charge is 0.0208 e. The van der Waals surface area contributed by atoms with Crippen molar-refractivity contribution >= 4 is 12.4 Å². The maximum absolute atomic E-state index is 3.64. The molecular weight excluding hydrogens is 266 g/mol. The highest BCUT2D eigenvalue weighted by Crippen LogP contribution is 2.25.